The van der Waals surface area contributed by atoms with E-state index in [0.29, 0.717) is 23.4 Å². The van der Waals surface area contributed by atoms with Gasteiger partial charge in [-0.1, -0.05) is 66.7 Å². The van der Waals surface area contributed by atoms with Gasteiger partial charge < -0.3 is 16.4 Å². The van der Waals surface area contributed by atoms with E-state index in [1.54, 1.807) is 48.5 Å². The Hall–Kier alpha value is -4.45. The third kappa shape index (κ3) is 5.25. The summed E-state index contributed by atoms with van der Waals surface area (Å²) in [6, 6.07) is 29.6. The predicted molar refractivity (Wildman–Crippen MR) is 131 cm³/mol. The molecule has 0 spiro atoms. The van der Waals surface area contributed by atoms with E-state index in [4.69, 9.17) is 11.1 Å². The van der Waals surface area contributed by atoms with Crippen molar-refractivity contribution in [2.75, 3.05) is 5.32 Å². The highest BCUT2D eigenvalue weighted by atomic mass is 16.2. The second-order valence-electron chi connectivity index (χ2n) is 7.72. The minimum Gasteiger partial charge on any atom is -0.384 e. The lowest BCUT2D eigenvalue weighted by atomic mass is 9.96. The number of nitrogens with one attached hydrogen (secondary N) is 3. The van der Waals surface area contributed by atoms with Gasteiger partial charge in [-0.15, -0.1) is 0 Å². The Bertz CT molecular complexity index is 1300. The molecule has 0 aromatic heterocycles. The van der Waals surface area contributed by atoms with Crippen LogP contribution in [0.1, 0.15) is 22.6 Å². The van der Waals surface area contributed by atoms with Crippen LogP contribution < -0.4 is 16.4 Å². The lowest BCUT2D eigenvalue weighted by Gasteiger charge is -2.17. The van der Waals surface area contributed by atoms with Crippen LogP contribution in [0.4, 0.5) is 5.69 Å². The van der Waals surface area contributed by atoms with Crippen LogP contribution >= 0.6 is 0 Å². The molecule has 4 aromatic carbocycles. The summed E-state index contributed by atoms with van der Waals surface area (Å²) < 4.78 is 0. The molecular weight excluding hydrogens is 412 g/mol. The fourth-order valence-corrected chi connectivity index (χ4v) is 3.65. The Kier molecular flexibility index (Phi) is 6.45. The Labute approximate surface area is 191 Å². The molecule has 0 heterocycles. The van der Waals surface area contributed by atoms with Crippen molar-refractivity contribution in [3.8, 4) is 0 Å². The second kappa shape index (κ2) is 9.78. The molecule has 0 aliphatic carbocycles. The number of benzene rings is 4. The minimum absolute atomic E-state index is 0.0527. The van der Waals surface area contributed by atoms with E-state index in [-0.39, 0.29) is 11.7 Å². The number of carbonyl (C=O) groups excluding carboxylic acids is 2. The predicted octanol–water partition coefficient (Wildman–Crippen LogP) is 4.16. The number of hydrogen-bond acceptors (Lipinski definition) is 3. The van der Waals surface area contributed by atoms with Gasteiger partial charge in [0.25, 0.3) is 0 Å². The molecule has 1 atom stereocenters. The number of fused-ring (bicyclic) bond motifs is 1. The van der Waals surface area contributed by atoms with Crippen molar-refractivity contribution in [2.24, 2.45) is 5.73 Å². The summed E-state index contributed by atoms with van der Waals surface area (Å²) in [6.07, 6.45) is 0. The van der Waals surface area contributed by atoms with Crippen molar-refractivity contribution in [1.29, 1.82) is 5.41 Å². The maximum atomic E-state index is 13.1. The molecule has 0 bridgehead atoms. The molecular formula is C27H24N4O2. The van der Waals surface area contributed by atoms with Crippen molar-refractivity contribution in [2.45, 2.75) is 12.5 Å². The lowest BCUT2D eigenvalue weighted by Crippen LogP contribution is -2.36. The van der Waals surface area contributed by atoms with E-state index in [1.165, 1.54) is 0 Å². The zero-order valence-electron chi connectivity index (χ0n) is 17.9. The molecule has 0 aliphatic heterocycles. The first-order valence-corrected chi connectivity index (χ1v) is 10.6. The van der Waals surface area contributed by atoms with Crippen molar-refractivity contribution in [3.05, 3.63) is 114 Å². The number of nitrogens with two attached hydrogens (primary N) is 1. The summed E-state index contributed by atoms with van der Waals surface area (Å²) >= 11 is 0. The summed E-state index contributed by atoms with van der Waals surface area (Å²) in [5.74, 6) is -1.89. The number of amidine groups is 1. The smallest absolute Gasteiger partial charge is 0.241 e. The van der Waals surface area contributed by atoms with Crippen LogP contribution in [0.15, 0.2) is 97.1 Å². The van der Waals surface area contributed by atoms with Gasteiger partial charge in [0.2, 0.25) is 11.8 Å². The second-order valence-corrected chi connectivity index (χ2v) is 7.72. The van der Waals surface area contributed by atoms with Crippen molar-refractivity contribution >= 4 is 34.1 Å². The molecule has 6 heteroatoms. The van der Waals surface area contributed by atoms with Crippen LogP contribution in [0.2, 0.25) is 0 Å². The number of anilines is 1. The van der Waals surface area contributed by atoms with Gasteiger partial charge in [-0.2, -0.15) is 0 Å². The quantitative estimate of drug-likeness (QED) is 0.198. The standard InChI is InChI=1S/C27H24N4O2/c28-25(29)21-12-14-23(15-13-21)31-27(33)24(20-7-2-1-3-8-20)26(32)30-17-18-10-11-19-6-4-5-9-22(19)16-18/h1-16,24H,17H2,(H3,28,29)(H,30,32)(H,31,33). The van der Waals surface area contributed by atoms with E-state index in [1.807, 2.05) is 48.5 Å². The summed E-state index contributed by atoms with van der Waals surface area (Å²) in [6.45, 7) is 0.313. The Balaban J connectivity index is 1.51. The fourth-order valence-electron chi connectivity index (χ4n) is 3.65. The van der Waals surface area contributed by atoms with Crippen LogP contribution in [0, 0.1) is 5.41 Å². The van der Waals surface area contributed by atoms with E-state index in [0.717, 1.165) is 16.3 Å². The third-order valence-corrected chi connectivity index (χ3v) is 5.40. The molecule has 4 rings (SSSR count). The average molecular weight is 437 g/mol. The number of amides is 2. The Morgan fingerprint density at radius 1 is 0.788 bits per heavy atom. The number of carbonyl (C=O) groups is 2. The summed E-state index contributed by atoms with van der Waals surface area (Å²) in [5.41, 5.74) is 8.12. The van der Waals surface area contributed by atoms with E-state index in [9.17, 15) is 9.59 Å². The molecule has 1 unspecified atom stereocenters. The molecule has 6 nitrogen and oxygen atoms in total. The number of hydrogen-bond donors (Lipinski definition) is 4. The van der Waals surface area contributed by atoms with Gasteiger partial charge in [0.15, 0.2) is 0 Å². The SMILES string of the molecule is N=C(N)c1ccc(NC(=O)C(C(=O)NCc2ccc3ccccc3c2)c2ccccc2)cc1. The molecule has 2 amide bonds. The molecule has 164 valence electrons. The van der Waals surface area contributed by atoms with E-state index < -0.39 is 11.8 Å². The highest BCUT2D eigenvalue weighted by Gasteiger charge is 2.28. The first-order chi connectivity index (χ1) is 16.0. The van der Waals surface area contributed by atoms with Gasteiger partial charge in [-0.25, -0.2) is 0 Å². The van der Waals surface area contributed by atoms with Crippen LogP contribution in [-0.4, -0.2) is 17.6 Å². The summed E-state index contributed by atoms with van der Waals surface area (Å²) in [4.78, 5) is 26.3. The van der Waals surface area contributed by atoms with Gasteiger partial charge >= 0.3 is 0 Å². The largest absolute Gasteiger partial charge is 0.384 e. The average Bonchev–Trinajstić information content (AvgIpc) is 2.84. The Morgan fingerprint density at radius 2 is 1.45 bits per heavy atom. The maximum Gasteiger partial charge on any atom is 0.241 e. The van der Waals surface area contributed by atoms with Crippen molar-refractivity contribution in [3.63, 3.8) is 0 Å². The molecule has 0 saturated carbocycles. The van der Waals surface area contributed by atoms with Crippen molar-refractivity contribution in [1.82, 2.24) is 5.32 Å². The van der Waals surface area contributed by atoms with Gasteiger partial charge in [0, 0.05) is 17.8 Å². The summed E-state index contributed by atoms with van der Waals surface area (Å²) in [5, 5.41) is 15.4. The van der Waals surface area contributed by atoms with Crippen LogP contribution in [0.25, 0.3) is 10.8 Å². The molecule has 33 heavy (non-hydrogen) atoms. The molecule has 0 saturated heterocycles. The molecule has 4 aromatic rings. The monoisotopic (exact) mass is 436 g/mol. The first kappa shape index (κ1) is 21.8. The zero-order chi connectivity index (χ0) is 23.2. The first-order valence-electron chi connectivity index (χ1n) is 10.6. The van der Waals surface area contributed by atoms with Crippen LogP contribution in [0.3, 0.4) is 0 Å². The molecule has 0 radical (unpaired) electrons. The lowest BCUT2D eigenvalue weighted by molar-refractivity contribution is -0.129. The number of nitrogen functional groups attached to an aromatic ring is 1. The van der Waals surface area contributed by atoms with E-state index in [2.05, 4.69) is 10.6 Å². The Morgan fingerprint density at radius 3 is 2.15 bits per heavy atom. The van der Waals surface area contributed by atoms with Gasteiger partial charge in [-0.05, 0) is 52.2 Å². The number of rotatable bonds is 7. The molecule has 0 aliphatic rings. The minimum atomic E-state index is -1.01. The van der Waals surface area contributed by atoms with Crippen LogP contribution in [0.5, 0.6) is 0 Å². The highest BCUT2D eigenvalue weighted by molar-refractivity contribution is 6.11. The highest BCUT2D eigenvalue weighted by Crippen LogP contribution is 2.20. The normalized spacial score (nSPS) is 11.5. The zero-order valence-corrected chi connectivity index (χ0v) is 17.9. The third-order valence-electron chi connectivity index (χ3n) is 5.40. The van der Waals surface area contributed by atoms with Gasteiger partial charge in [0.1, 0.15) is 11.8 Å². The van der Waals surface area contributed by atoms with E-state index >= 15 is 0 Å². The summed E-state index contributed by atoms with van der Waals surface area (Å²) in [7, 11) is 0. The molecule has 5 N–H and O–H groups in total. The van der Waals surface area contributed by atoms with Gasteiger partial charge in [0.05, 0.1) is 0 Å². The molecule has 0 fully saturated rings. The van der Waals surface area contributed by atoms with Crippen molar-refractivity contribution < 1.29 is 9.59 Å². The van der Waals surface area contributed by atoms with Gasteiger partial charge in [-0.3, -0.25) is 15.0 Å². The fraction of sp³-hybridized carbons (Fsp3) is 0.0741. The van der Waals surface area contributed by atoms with Crippen LogP contribution in [-0.2, 0) is 16.1 Å². The topological polar surface area (TPSA) is 108 Å². The maximum absolute atomic E-state index is 13.1.